The molecule has 0 saturated heterocycles. The second-order valence-corrected chi connectivity index (χ2v) is 7.76. The number of rotatable bonds is 10. The minimum atomic E-state index is -3.44. The van der Waals surface area contributed by atoms with Crippen LogP contribution in [-0.2, 0) is 23.6 Å². The minimum Gasteiger partial charge on any atom is -0.352 e. The molecule has 2 N–H and O–H groups in total. The molecule has 0 aliphatic heterocycles. The van der Waals surface area contributed by atoms with Crippen molar-refractivity contribution in [2.45, 2.75) is 44.2 Å². The summed E-state index contributed by atoms with van der Waals surface area (Å²) in [5.74, 6) is 0.785. The van der Waals surface area contributed by atoms with Gasteiger partial charge in [0, 0.05) is 37.3 Å². The maximum atomic E-state index is 12.4. The number of hydrogen-bond acceptors (Lipinski definition) is 4. The van der Waals surface area contributed by atoms with Crippen molar-refractivity contribution in [3.8, 4) is 0 Å². The van der Waals surface area contributed by atoms with Gasteiger partial charge in [0.1, 0.15) is 0 Å². The molecule has 0 spiro atoms. The molecule has 0 aliphatic carbocycles. The van der Waals surface area contributed by atoms with Gasteiger partial charge in [0.15, 0.2) is 0 Å². The Hall–Kier alpha value is -0.500. The van der Waals surface area contributed by atoms with Crippen molar-refractivity contribution in [3.63, 3.8) is 0 Å². The number of aryl methyl sites for hydroxylation is 1. The fourth-order valence-corrected chi connectivity index (χ4v) is 4.26. The van der Waals surface area contributed by atoms with E-state index in [0.717, 1.165) is 30.8 Å². The number of hydrogen-bond donors (Lipinski definition) is 2. The predicted octanol–water partition coefficient (Wildman–Crippen LogP) is 1.94. The second kappa shape index (κ2) is 8.82. The first-order chi connectivity index (χ1) is 9.94. The van der Waals surface area contributed by atoms with E-state index in [0.29, 0.717) is 11.4 Å². The Morgan fingerprint density at radius 3 is 2.67 bits per heavy atom. The molecule has 0 amide bonds. The summed E-state index contributed by atoms with van der Waals surface area (Å²) in [6.45, 7) is 5.71. The molecule has 1 unspecified atom stereocenters. The molecule has 0 aliphatic rings. The van der Waals surface area contributed by atoms with Crippen LogP contribution < -0.4 is 10.0 Å². The molecule has 21 heavy (non-hydrogen) atoms. The molecular formula is C14H27N3O2S2. The third-order valence-corrected chi connectivity index (χ3v) is 5.53. The van der Waals surface area contributed by atoms with Crippen molar-refractivity contribution in [2.24, 2.45) is 7.05 Å². The summed E-state index contributed by atoms with van der Waals surface area (Å²) < 4.78 is 29.5. The maximum Gasteiger partial charge on any atom is 0.242 e. The van der Waals surface area contributed by atoms with Crippen LogP contribution in [0, 0.1) is 0 Å². The molecule has 0 saturated carbocycles. The van der Waals surface area contributed by atoms with Gasteiger partial charge in [-0.05, 0) is 31.7 Å². The summed E-state index contributed by atoms with van der Waals surface area (Å²) in [5.41, 5.74) is 0.974. The van der Waals surface area contributed by atoms with Crippen LogP contribution in [0.15, 0.2) is 17.2 Å². The Morgan fingerprint density at radius 2 is 2.10 bits per heavy atom. The Kier molecular flexibility index (Phi) is 7.79. The smallest absolute Gasteiger partial charge is 0.242 e. The zero-order chi connectivity index (χ0) is 15.9. The summed E-state index contributed by atoms with van der Waals surface area (Å²) in [6.07, 6.45) is 5.51. The lowest BCUT2D eigenvalue weighted by atomic mass is 10.3. The van der Waals surface area contributed by atoms with Crippen molar-refractivity contribution in [3.05, 3.63) is 18.0 Å². The van der Waals surface area contributed by atoms with Gasteiger partial charge in [-0.25, -0.2) is 13.1 Å². The van der Waals surface area contributed by atoms with Crippen molar-refractivity contribution in [1.82, 2.24) is 14.6 Å². The Bertz CT molecular complexity index is 526. The summed E-state index contributed by atoms with van der Waals surface area (Å²) in [7, 11) is -1.56. The van der Waals surface area contributed by atoms with E-state index in [1.165, 1.54) is 0 Å². The average molecular weight is 334 g/mol. The van der Waals surface area contributed by atoms with Crippen LogP contribution in [0.5, 0.6) is 0 Å². The van der Waals surface area contributed by atoms with E-state index in [2.05, 4.69) is 17.0 Å². The average Bonchev–Trinajstić information content (AvgIpc) is 2.81. The van der Waals surface area contributed by atoms with Crippen molar-refractivity contribution < 1.29 is 8.42 Å². The lowest BCUT2D eigenvalue weighted by molar-refractivity contribution is 0.558. The van der Waals surface area contributed by atoms with E-state index in [9.17, 15) is 8.42 Å². The molecule has 0 bridgehead atoms. The summed E-state index contributed by atoms with van der Waals surface area (Å²) in [6, 6.07) is 1.73. The van der Waals surface area contributed by atoms with Crippen molar-refractivity contribution in [2.75, 3.05) is 18.6 Å². The van der Waals surface area contributed by atoms with E-state index in [1.807, 2.05) is 24.8 Å². The van der Waals surface area contributed by atoms with Crippen LogP contribution in [0.25, 0.3) is 0 Å². The lowest BCUT2D eigenvalue weighted by Gasteiger charge is -2.15. The van der Waals surface area contributed by atoms with E-state index >= 15 is 0 Å². The third-order valence-electron chi connectivity index (χ3n) is 3.31. The highest BCUT2D eigenvalue weighted by molar-refractivity contribution is 7.98. The van der Waals surface area contributed by atoms with Crippen LogP contribution in [0.4, 0.5) is 0 Å². The van der Waals surface area contributed by atoms with Crippen molar-refractivity contribution >= 4 is 21.8 Å². The molecule has 7 heteroatoms. The fraction of sp³-hybridized carbons (Fsp3) is 0.714. The first-order valence-electron chi connectivity index (χ1n) is 7.31. The second-order valence-electron chi connectivity index (χ2n) is 5.14. The lowest BCUT2D eigenvalue weighted by Crippen LogP contribution is -2.35. The van der Waals surface area contributed by atoms with Gasteiger partial charge in [-0.2, -0.15) is 11.8 Å². The Labute approximate surface area is 132 Å². The first kappa shape index (κ1) is 18.5. The van der Waals surface area contributed by atoms with Crippen molar-refractivity contribution in [1.29, 1.82) is 0 Å². The molecule has 0 aromatic carbocycles. The van der Waals surface area contributed by atoms with E-state index in [-0.39, 0.29) is 6.04 Å². The largest absolute Gasteiger partial charge is 0.352 e. The van der Waals surface area contributed by atoms with E-state index in [4.69, 9.17) is 0 Å². The highest BCUT2D eigenvalue weighted by Gasteiger charge is 2.21. The molecule has 1 rings (SSSR count). The number of nitrogens with zero attached hydrogens (tertiary/aromatic N) is 1. The third kappa shape index (κ3) is 5.65. The van der Waals surface area contributed by atoms with Gasteiger partial charge in [-0.15, -0.1) is 0 Å². The van der Waals surface area contributed by atoms with Gasteiger partial charge >= 0.3 is 0 Å². The highest BCUT2D eigenvalue weighted by atomic mass is 32.2. The number of nitrogens with one attached hydrogen (secondary N) is 2. The van der Waals surface area contributed by atoms with Gasteiger partial charge in [0.2, 0.25) is 10.0 Å². The topological polar surface area (TPSA) is 63.1 Å². The Morgan fingerprint density at radius 1 is 1.38 bits per heavy atom. The van der Waals surface area contributed by atoms with Crippen LogP contribution in [0.1, 0.15) is 32.4 Å². The molecule has 122 valence electrons. The molecule has 1 aromatic rings. The van der Waals surface area contributed by atoms with Crippen LogP contribution in [0.2, 0.25) is 0 Å². The van der Waals surface area contributed by atoms with E-state index in [1.54, 1.807) is 24.0 Å². The minimum absolute atomic E-state index is 0.0214. The molecule has 0 radical (unpaired) electrons. The summed E-state index contributed by atoms with van der Waals surface area (Å²) in [5, 5.41) is 3.29. The van der Waals surface area contributed by atoms with E-state index < -0.39 is 10.0 Å². The van der Waals surface area contributed by atoms with Gasteiger partial charge in [-0.1, -0.05) is 13.8 Å². The number of aromatic nitrogens is 1. The molecule has 1 aromatic heterocycles. The predicted molar refractivity (Wildman–Crippen MR) is 90.2 cm³/mol. The van der Waals surface area contributed by atoms with Crippen LogP contribution in [-0.4, -0.2) is 37.6 Å². The zero-order valence-corrected chi connectivity index (χ0v) is 15.0. The molecule has 1 atom stereocenters. The number of thioether (sulfide) groups is 1. The van der Waals surface area contributed by atoms with Gasteiger partial charge < -0.3 is 9.88 Å². The normalized spacial score (nSPS) is 13.5. The Balaban J connectivity index is 2.81. The number of sulfonamides is 1. The quantitative estimate of drug-likeness (QED) is 0.642. The molecule has 1 heterocycles. The first-order valence-corrected chi connectivity index (χ1v) is 10.2. The van der Waals surface area contributed by atoms with Crippen LogP contribution >= 0.6 is 11.8 Å². The monoisotopic (exact) mass is 333 g/mol. The molecule has 0 fully saturated rings. The summed E-state index contributed by atoms with van der Waals surface area (Å²) in [4.78, 5) is 0.345. The maximum absolute atomic E-state index is 12.4. The van der Waals surface area contributed by atoms with Gasteiger partial charge in [0.25, 0.3) is 0 Å². The zero-order valence-electron chi connectivity index (χ0n) is 13.3. The SMILES string of the molecule is CCCNCc1cc(S(=O)(=O)NC(CC)CSC)cn1C. The van der Waals surface area contributed by atoms with Gasteiger partial charge in [0.05, 0.1) is 4.90 Å². The molecular weight excluding hydrogens is 306 g/mol. The summed E-state index contributed by atoms with van der Waals surface area (Å²) >= 11 is 1.65. The fourth-order valence-electron chi connectivity index (χ4n) is 2.02. The van der Waals surface area contributed by atoms with Crippen LogP contribution in [0.3, 0.4) is 0 Å². The highest BCUT2D eigenvalue weighted by Crippen LogP contribution is 2.15. The van der Waals surface area contributed by atoms with Gasteiger partial charge in [-0.3, -0.25) is 0 Å². The standard InChI is InChI=1S/C14H27N3O2S2/c1-5-7-15-9-13-8-14(10-17(13)3)21(18,19)16-12(6-2)11-20-4/h8,10,12,15-16H,5-7,9,11H2,1-4H3. The molecule has 5 nitrogen and oxygen atoms in total.